The first-order valence-corrected chi connectivity index (χ1v) is 8.56. The van der Waals surface area contributed by atoms with Gasteiger partial charge in [0.1, 0.15) is 5.69 Å². The van der Waals surface area contributed by atoms with Crippen LogP contribution in [0.3, 0.4) is 0 Å². The minimum absolute atomic E-state index is 0.234. The van der Waals surface area contributed by atoms with E-state index in [1.165, 1.54) is 12.3 Å². The van der Waals surface area contributed by atoms with Gasteiger partial charge in [0.2, 0.25) is 0 Å². The molecule has 6 nitrogen and oxygen atoms in total. The fraction of sp³-hybridized carbons (Fsp3) is 0.143. The second kappa shape index (κ2) is 8.71. The molecular formula is C21H20N4O2. The minimum Gasteiger partial charge on any atom is -0.348 e. The van der Waals surface area contributed by atoms with Gasteiger partial charge in [-0.2, -0.15) is 0 Å². The maximum atomic E-state index is 12.6. The lowest BCUT2D eigenvalue weighted by Gasteiger charge is -2.17. The van der Waals surface area contributed by atoms with Crippen LogP contribution in [0.5, 0.6) is 0 Å². The molecule has 3 rings (SSSR count). The van der Waals surface area contributed by atoms with Gasteiger partial charge in [-0.1, -0.05) is 30.3 Å². The number of carbonyl (C=O) groups is 2. The van der Waals surface area contributed by atoms with Crippen LogP contribution < -0.4 is 5.32 Å². The summed E-state index contributed by atoms with van der Waals surface area (Å²) in [5.74, 6) is -0.489. The largest absolute Gasteiger partial charge is 0.348 e. The number of amides is 2. The average molecular weight is 360 g/mol. The minimum atomic E-state index is -0.256. The maximum Gasteiger partial charge on any atom is 0.272 e. The van der Waals surface area contributed by atoms with E-state index in [0.717, 1.165) is 11.1 Å². The van der Waals surface area contributed by atoms with Crippen molar-refractivity contribution in [1.82, 2.24) is 20.2 Å². The Hall–Kier alpha value is -3.54. The molecule has 0 atom stereocenters. The Kier molecular flexibility index (Phi) is 5.89. The van der Waals surface area contributed by atoms with E-state index in [1.807, 2.05) is 42.5 Å². The first-order chi connectivity index (χ1) is 13.1. The Morgan fingerprint density at radius 1 is 0.963 bits per heavy atom. The molecule has 2 aromatic heterocycles. The standard InChI is InChI=1S/C21H20N4O2/c1-25(15-17-5-3-2-4-6-17)21(27)19-13-18(9-12-23-19)20(26)24-14-16-7-10-22-11-8-16/h2-13H,14-15H2,1H3,(H,24,26). The summed E-state index contributed by atoms with van der Waals surface area (Å²) >= 11 is 0. The molecule has 1 aromatic carbocycles. The van der Waals surface area contributed by atoms with Crippen molar-refractivity contribution in [2.75, 3.05) is 7.05 Å². The Morgan fingerprint density at radius 2 is 1.70 bits per heavy atom. The average Bonchev–Trinajstić information content (AvgIpc) is 2.73. The Morgan fingerprint density at radius 3 is 2.44 bits per heavy atom. The van der Waals surface area contributed by atoms with Crippen LogP contribution in [0.25, 0.3) is 0 Å². The van der Waals surface area contributed by atoms with Crippen molar-refractivity contribution < 1.29 is 9.59 Å². The van der Waals surface area contributed by atoms with E-state index in [-0.39, 0.29) is 17.5 Å². The van der Waals surface area contributed by atoms with Crippen molar-refractivity contribution in [2.45, 2.75) is 13.1 Å². The van der Waals surface area contributed by atoms with E-state index in [0.29, 0.717) is 18.7 Å². The summed E-state index contributed by atoms with van der Waals surface area (Å²) in [5.41, 5.74) is 2.62. The number of aromatic nitrogens is 2. The van der Waals surface area contributed by atoms with Crippen LogP contribution in [-0.2, 0) is 13.1 Å². The number of rotatable bonds is 6. The zero-order valence-corrected chi connectivity index (χ0v) is 15.0. The first-order valence-electron chi connectivity index (χ1n) is 8.56. The topological polar surface area (TPSA) is 75.2 Å². The highest BCUT2D eigenvalue weighted by molar-refractivity contribution is 5.98. The number of pyridine rings is 2. The molecule has 27 heavy (non-hydrogen) atoms. The van der Waals surface area contributed by atoms with Gasteiger partial charge in [0.25, 0.3) is 11.8 Å². The van der Waals surface area contributed by atoms with Gasteiger partial charge >= 0.3 is 0 Å². The Labute approximate surface area is 157 Å². The number of nitrogens with one attached hydrogen (secondary N) is 1. The third-order valence-electron chi connectivity index (χ3n) is 4.05. The molecule has 1 N–H and O–H groups in total. The molecule has 3 aromatic rings. The molecule has 136 valence electrons. The van der Waals surface area contributed by atoms with E-state index in [1.54, 1.807) is 30.4 Å². The summed E-state index contributed by atoms with van der Waals surface area (Å²) in [6.07, 6.45) is 4.82. The molecule has 0 radical (unpaired) electrons. The van der Waals surface area contributed by atoms with Crippen LogP contribution in [0.2, 0.25) is 0 Å². The van der Waals surface area contributed by atoms with E-state index in [9.17, 15) is 9.59 Å². The highest BCUT2D eigenvalue weighted by atomic mass is 16.2. The molecule has 2 amide bonds. The van der Waals surface area contributed by atoms with Gasteiger partial charge in [-0.05, 0) is 35.4 Å². The second-order valence-corrected chi connectivity index (χ2v) is 6.11. The van der Waals surface area contributed by atoms with Gasteiger partial charge in [0.15, 0.2) is 0 Å². The smallest absolute Gasteiger partial charge is 0.272 e. The second-order valence-electron chi connectivity index (χ2n) is 6.11. The molecule has 0 unspecified atom stereocenters. The van der Waals surface area contributed by atoms with Gasteiger partial charge in [0.05, 0.1) is 0 Å². The number of hydrogen-bond acceptors (Lipinski definition) is 4. The van der Waals surface area contributed by atoms with Crippen LogP contribution >= 0.6 is 0 Å². The summed E-state index contributed by atoms with van der Waals surface area (Å²) < 4.78 is 0. The van der Waals surface area contributed by atoms with Crippen molar-refractivity contribution in [3.63, 3.8) is 0 Å². The summed E-state index contributed by atoms with van der Waals surface area (Å²) in [6.45, 7) is 0.862. The zero-order chi connectivity index (χ0) is 19.1. The molecule has 0 aliphatic carbocycles. The molecule has 0 saturated heterocycles. The van der Waals surface area contributed by atoms with Crippen LogP contribution in [-0.4, -0.2) is 33.7 Å². The molecule has 6 heteroatoms. The molecule has 0 aliphatic heterocycles. The molecule has 2 heterocycles. The van der Waals surface area contributed by atoms with Crippen molar-refractivity contribution >= 4 is 11.8 Å². The molecular weight excluding hydrogens is 340 g/mol. The van der Waals surface area contributed by atoms with E-state index >= 15 is 0 Å². The highest BCUT2D eigenvalue weighted by Crippen LogP contribution is 2.09. The van der Waals surface area contributed by atoms with E-state index in [2.05, 4.69) is 15.3 Å². The summed E-state index contributed by atoms with van der Waals surface area (Å²) in [7, 11) is 1.72. The summed E-state index contributed by atoms with van der Waals surface area (Å²) in [4.78, 5) is 34.7. The van der Waals surface area contributed by atoms with Crippen LogP contribution in [0.1, 0.15) is 32.0 Å². The lowest BCUT2D eigenvalue weighted by molar-refractivity contribution is 0.0779. The quantitative estimate of drug-likeness (QED) is 0.733. The number of benzene rings is 1. The predicted molar refractivity (Wildman–Crippen MR) is 102 cm³/mol. The summed E-state index contributed by atoms with van der Waals surface area (Å²) in [6, 6.07) is 16.5. The van der Waals surface area contributed by atoms with Gasteiger partial charge in [-0.15, -0.1) is 0 Å². The van der Waals surface area contributed by atoms with Gasteiger partial charge in [-0.25, -0.2) is 0 Å². The molecule has 0 fully saturated rings. The van der Waals surface area contributed by atoms with Crippen LogP contribution in [0.15, 0.2) is 73.2 Å². The monoisotopic (exact) mass is 360 g/mol. The molecule has 0 bridgehead atoms. The van der Waals surface area contributed by atoms with Crippen molar-refractivity contribution in [3.8, 4) is 0 Å². The number of carbonyl (C=O) groups excluding carboxylic acids is 2. The van der Waals surface area contributed by atoms with E-state index < -0.39 is 0 Å². The van der Waals surface area contributed by atoms with Crippen molar-refractivity contribution in [1.29, 1.82) is 0 Å². The lowest BCUT2D eigenvalue weighted by atomic mass is 10.1. The normalized spacial score (nSPS) is 10.3. The lowest BCUT2D eigenvalue weighted by Crippen LogP contribution is -2.28. The molecule has 0 saturated carbocycles. The number of nitrogens with zero attached hydrogens (tertiary/aromatic N) is 3. The van der Waals surface area contributed by atoms with Crippen molar-refractivity contribution in [2.24, 2.45) is 0 Å². The third kappa shape index (κ3) is 4.98. The molecule has 0 aliphatic rings. The SMILES string of the molecule is CN(Cc1ccccc1)C(=O)c1cc(C(=O)NCc2ccncc2)ccn1. The third-order valence-corrected chi connectivity index (χ3v) is 4.05. The predicted octanol–water partition coefficient (Wildman–Crippen LogP) is 2.68. The Bertz CT molecular complexity index is 914. The van der Waals surface area contributed by atoms with Crippen molar-refractivity contribution in [3.05, 3.63) is 95.6 Å². The fourth-order valence-corrected chi connectivity index (χ4v) is 2.60. The van der Waals surface area contributed by atoms with E-state index in [4.69, 9.17) is 0 Å². The number of hydrogen-bond donors (Lipinski definition) is 1. The van der Waals surface area contributed by atoms with Gasteiger partial charge in [0, 0.05) is 44.3 Å². The Balaban J connectivity index is 1.65. The van der Waals surface area contributed by atoms with Crippen LogP contribution in [0.4, 0.5) is 0 Å². The summed E-state index contributed by atoms with van der Waals surface area (Å²) in [5, 5.41) is 2.83. The van der Waals surface area contributed by atoms with Gasteiger partial charge < -0.3 is 10.2 Å². The fourth-order valence-electron chi connectivity index (χ4n) is 2.60. The zero-order valence-electron chi connectivity index (χ0n) is 15.0. The van der Waals surface area contributed by atoms with Crippen LogP contribution in [0, 0.1) is 0 Å². The van der Waals surface area contributed by atoms with Gasteiger partial charge in [-0.3, -0.25) is 19.6 Å². The first kappa shape index (κ1) is 18.3. The highest BCUT2D eigenvalue weighted by Gasteiger charge is 2.16. The maximum absolute atomic E-state index is 12.6. The molecule has 0 spiro atoms.